The second-order valence-corrected chi connectivity index (χ2v) is 11.3. The highest BCUT2D eigenvalue weighted by molar-refractivity contribution is 7.93. The second-order valence-electron chi connectivity index (χ2n) is 9.65. The van der Waals surface area contributed by atoms with Crippen molar-refractivity contribution >= 4 is 32.5 Å². The van der Waals surface area contributed by atoms with Crippen LogP contribution in [0.4, 0.5) is 14.5 Å². The number of amides is 1. The number of carbonyl (C=O) groups is 1. The van der Waals surface area contributed by atoms with E-state index < -0.39 is 33.5 Å². The molecule has 0 unspecified atom stereocenters. The van der Waals surface area contributed by atoms with Crippen molar-refractivity contribution in [1.82, 2.24) is 9.88 Å². The van der Waals surface area contributed by atoms with Crippen LogP contribution in [-0.2, 0) is 10.0 Å². The molecule has 0 saturated carbocycles. The third kappa shape index (κ3) is 5.49. The molecule has 192 valence electrons. The highest BCUT2D eigenvalue weighted by atomic mass is 32.2. The molecule has 2 aromatic carbocycles. The van der Waals surface area contributed by atoms with Crippen LogP contribution in [0.15, 0.2) is 59.6 Å². The van der Waals surface area contributed by atoms with Crippen LogP contribution in [-0.4, -0.2) is 48.0 Å². The number of hydrogen-bond acceptors (Lipinski definition) is 5. The lowest BCUT2D eigenvalue weighted by molar-refractivity contribution is -0.0311. The Morgan fingerprint density at radius 2 is 1.83 bits per heavy atom. The van der Waals surface area contributed by atoms with E-state index >= 15 is 0 Å². The second kappa shape index (κ2) is 10.1. The third-order valence-electron chi connectivity index (χ3n) is 6.43. The van der Waals surface area contributed by atoms with Gasteiger partial charge in [-0.3, -0.25) is 14.5 Å². The molecule has 2 N–H and O–H groups in total. The summed E-state index contributed by atoms with van der Waals surface area (Å²) in [6.45, 7) is 4.67. The maximum absolute atomic E-state index is 14.0. The van der Waals surface area contributed by atoms with Gasteiger partial charge in [-0.1, -0.05) is 32.0 Å². The Morgan fingerprint density at radius 3 is 2.50 bits per heavy atom. The molecule has 1 amide bonds. The van der Waals surface area contributed by atoms with Gasteiger partial charge >= 0.3 is 0 Å². The Morgan fingerprint density at radius 1 is 1.14 bits per heavy atom. The summed E-state index contributed by atoms with van der Waals surface area (Å²) < 4.78 is 56.4. The van der Waals surface area contributed by atoms with Gasteiger partial charge in [0.2, 0.25) is 0 Å². The number of hydrogen-bond donors (Lipinski definition) is 2. The maximum atomic E-state index is 14.0. The summed E-state index contributed by atoms with van der Waals surface area (Å²) >= 11 is 0. The molecule has 4 rings (SSSR count). The van der Waals surface area contributed by atoms with Crippen molar-refractivity contribution in [2.75, 3.05) is 17.8 Å². The Bertz CT molecular complexity index is 1370. The number of halogens is 2. The van der Waals surface area contributed by atoms with E-state index in [0.717, 1.165) is 6.07 Å². The number of benzene rings is 2. The van der Waals surface area contributed by atoms with Crippen molar-refractivity contribution in [2.45, 2.75) is 50.0 Å². The molecule has 10 heteroatoms. The first kappa shape index (κ1) is 26.0. The predicted octanol–water partition coefficient (Wildman–Crippen LogP) is 4.99. The zero-order valence-electron chi connectivity index (χ0n) is 20.1. The first-order valence-electron chi connectivity index (χ1n) is 11.8. The van der Waals surface area contributed by atoms with E-state index in [1.807, 2.05) is 13.8 Å². The standard InChI is InChI=1S/C26H29F2N3O4S/c1-17(2)16-26(33)10-13-31(14-11-26)25(32)19-8-9-21(20(15-19)24(27)28)30-36(34,35)22-7-3-5-18-6-4-12-29-23(18)22/h3-9,12,15,17,24,30,33H,10-11,13-14,16H2,1-2H3. The van der Waals surface area contributed by atoms with Gasteiger partial charge in [-0.15, -0.1) is 0 Å². The van der Waals surface area contributed by atoms with Crippen LogP contribution in [0.25, 0.3) is 10.9 Å². The molecule has 0 bridgehead atoms. The minimum atomic E-state index is -4.24. The third-order valence-corrected chi connectivity index (χ3v) is 7.83. The number of nitrogens with zero attached hydrogens (tertiary/aromatic N) is 2. The number of aromatic nitrogens is 1. The molecule has 0 radical (unpaired) electrons. The van der Waals surface area contributed by atoms with Gasteiger partial charge in [-0.05, 0) is 55.5 Å². The topological polar surface area (TPSA) is 99.6 Å². The van der Waals surface area contributed by atoms with Gasteiger partial charge in [0.15, 0.2) is 0 Å². The van der Waals surface area contributed by atoms with Crippen molar-refractivity contribution in [2.24, 2.45) is 5.92 Å². The average Bonchev–Trinajstić information content (AvgIpc) is 2.83. The number of likely N-dealkylation sites (tertiary alicyclic amines) is 1. The van der Waals surface area contributed by atoms with Gasteiger partial charge < -0.3 is 10.0 Å². The molecular formula is C26H29F2N3O4S. The summed E-state index contributed by atoms with van der Waals surface area (Å²) in [7, 11) is -4.24. The molecule has 0 atom stereocenters. The van der Waals surface area contributed by atoms with E-state index in [0.29, 0.717) is 43.7 Å². The number of carbonyl (C=O) groups excluding carboxylic acids is 1. The smallest absolute Gasteiger partial charge is 0.265 e. The van der Waals surface area contributed by atoms with Gasteiger partial charge in [-0.25, -0.2) is 17.2 Å². The van der Waals surface area contributed by atoms with Crippen LogP contribution in [0.2, 0.25) is 0 Å². The predicted molar refractivity (Wildman–Crippen MR) is 133 cm³/mol. The molecule has 0 aliphatic carbocycles. The summed E-state index contributed by atoms with van der Waals surface area (Å²) in [4.78, 5) is 18.5. The van der Waals surface area contributed by atoms with Gasteiger partial charge in [0.05, 0.1) is 16.8 Å². The van der Waals surface area contributed by atoms with Crippen LogP contribution in [0.5, 0.6) is 0 Å². The molecule has 1 aromatic heterocycles. The average molecular weight is 518 g/mol. The summed E-state index contributed by atoms with van der Waals surface area (Å²) in [5.41, 5.74) is -1.47. The molecule has 1 aliphatic rings. The molecule has 3 aromatic rings. The van der Waals surface area contributed by atoms with Gasteiger partial charge in [0.1, 0.15) is 4.90 Å². The Kier molecular flexibility index (Phi) is 7.28. The van der Waals surface area contributed by atoms with Crippen molar-refractivity contribution < 1.29 is 27.1 Å². The Hall–Kier alpha value is -3.11. The number of alkyl halides is 2. The number of piperidine rings is 1. The molecule has 36 heavy (non-hydrogen) atoms. The van der Waals surface area contributed by atoms with Crippen LogP contribution >= 0.6 is 0 Å². The number of rotatable bonds is 7. The van der Waals surface area contributed by atoms with Crippen LogP contribution < -0.4 is 4.72 Å². The number of anilines is 1. The number of nitrogens with one attached hydrogen (secondary N) is 1. The molecule has 2 heterocycles. The van der Waals surface area contributed by atoms with Crippen molar-refractivity contribution in [3.05, 3.63) is 65.9 Å². The van der Waals surface area contributed by atoms with Crippen molar-refractivity contribution in [3.63, 3.8) is 0 Å². The SMILES string of the molecule is CC(C)CC1(O)CCN(C(=O)c2ccc(NS(=O)(=O)c3cccc4cccnc34)c(C(F)F)c2)CC1. The van der Waals surface area contributed by atoms with E-state index in [2.05, 4.69) is 9.71 Å². The minimum Gasteiger partial charge on any atom is -0.390 e. The Labute approximate surface area is 209 Å². The fraction of sp³-hybridized carbons (Fsp3) is 0.385. The number of fused-ring (bicyclic) bond motifs is 1. The number of aliphatic hydroxyl groups is 1. The lowest BCUT2D eigenvalue weighted by atomic mass is 9.84. The Balaban J connectivity index is 1.57. The van der Waals surface area contributed by atoms with Crippen LogP contribution in [0, 0.1) is 5.92 Å². The number of para-hydroxylation sites is 1. The quantitative estimate of drug-likeness (QED) is 0.460. The highest BCUT2D eigenvalue weighted by Gasteiger charge is 2.35. The first-order chi connectivity index (χ1) is 17.0. The normalized spacial score (nSPS) is 16.0. The van der Waals surface area contributed by atoms with E-state index in [4.69, 9.17) is 0 Å². The van der Waals surface area contributed by atoms with Crippen LogP contribution in [0.1, 0.15) is 55.5 Å². The molecule has 0 spiro atoms. The molecular weight excluding hydrogens is 488 g/mol. The van der Waals surface area contributed by atoms with Crippen molar-refractivity contribution in [1.29, 1.82) is 0 Å². The summed E-state index contributed by atoms with van der Waals surface area (Å²) in [6.07, 6.45) is -0.105. The van der Waals surface area contributed by atoms with E-state index in [9.17, 15) is 27.1 Å². The summed E-state index contributed by atoms with van der Waals surface area (Å²) in [6, 6.07) is 11.5. The van der Waals surface area contributed by atoms with E-state index in [1.54, 1.807) is 24.3 Å². The lowest BCUT2D eigenvalue weighted by Gasteiger charge is -2.39. The maximum Gasteiger partial charge on any atom is 0.265 e. The largest absolute Gasteiger partial charge is 0.390 e. The zero-order valence-corrected chi connectivity index (χ0v) is 20.9. The van der Waals surface area contributed by atoms with Gasteiger partial charge in [-0.2, -0.15) is 0 Å². The molecule has 1 aliphatic heterocycles. The number of pyridine rings is 1. The van der Waals surface area contributed by atoms with Crippen LogP contribution in [0.3, 0.4) is 0 Å². The first-order valence-corrected chi connectivity index (χ1v) is 13.3. The van der Waals surface area contributed by atoms with Gasteiger partial charge in [0, 0.05) is 35.8 Å². The monoisotopic (exact) mass is 517 g/mol. The molecule has 7 nitrogen and oxygen atoms in total. The van der Waals surface area contributed by atoms with E-state index in [1.165, 1.54) is 29.3 Å². The number of sulfonamides is 1. The lowest BCUT2D eigenvalue weighted by Crippen LogP contribution is -2.47. The highest BCUT2D eigenvalue weighted by Crippen LogP contribution is 2.33. The fourth-order valence-electron chi connectivity index (χ4n) is 4.73. The van der Waals surface area contributed by atoms with Gasteiger partial charge in [0.25, 0.3) is 22.4 Å². The molecule has 1 fully saturated rings. The fourth-order valence-corrected chi connectivity index (χ4v) is 6.00. The minimum absolute atomic E-state index is 0.0365. The summed E-state index contributed by atoms with van der Waals surface area (Å²) in [5, 5.41) is 11.3. The van der Waals surface area contributed by atoms with Crippen molar-refractivity contribution in [3.8, 4) is 0 Å². The zero-order chi connectivity index (χ0) is 26.1. The van der Waals surface area contributed by atoms with E-state index in [-0.39, 0.29) is 21.7 Å². The summed E-state index contributed by atoms with van der Waals surface area (Å²) in [5.74, 6) is -0.122. The molecule has 1 saturated heterocycles.